The van der Waals surface area contributed by atoms with Crippen LogP contribution in [0.25, 0.3) is 0 Å². The Morgan fingerprint density at radius 3 is 2.59 bits per heavy atom. The minimum Gasteiger partial charge on any atom is -0.392 e. The maximum atomic E-state index is 13.0. The Morgan fingerprint density at radius 1 is 1.44 bits per heavy atom. The maximum Gasteiger partial charge on any atom is 0.231 e. The molecule has 7 atom stereocenters. The van der Waals surface area contributed by atoms with E-state index in [9.17, 15) is 29.7 Å². The van der Waals surface area contributed by atoms with Gasteiger partial charge in [-0.15, -0.1) is 0 Å². The Labute approximate surface area is 158 Å². The Hall–Kier alpha value is -1.41. The molecule has 1 heterocycles. The van der Waals surface area contributed by atoms with Crippen molar-refractivity contribution in [3.05, 3.63) is 11.6 Å². The minimum absolute atomic E-state index is 0.0125. The van der Waals surface area contributed by atoms with Crippen LogP contribution in [0.5, 0.6) is 0 Å². The van der Waals surface area contributed by atoms with Crippen LogP contribution in [0.1, 0.15) is 40.0 Å². The van der Waals surface area contributed by atoms with Crippen molar-refractivity contribution in [2.24, 2.45) is 22.7 Å². The molecule has 1 saturated carbocycles. The quantitative estimate of drug-likeness (QED) is 0.260. The molecule has 0 bridgehead atoms. The van der Waals surface area contributed by atoms with Gasteiger partial charge in [0, 0.05) is 0 Å². The Morgan fingerprint density at radius 2 is 2.07 bits per heavy atom. The van der Waals surface area contributed by atoms with Crippen molar-refractivity contribution in [3.8, 4) is 0 Å². The van der Waals surface area contributed by atoms with Crippen LogP contribution < -0.4 is 0 Å². The van der Waals surface area contributed by atoms with Crippen LogP contribution >= 0.6 is 0 Å². The smallest absolute Gasteiger partial charge is 0.231 e. The normalized spacial score (nSPS) is 44.9. The highest BCUT2D eigenvalue weighted by atomic mass is 16.6. The van der Waals surface area contributed by atoms with Gasteiger partial charge in [-0.2, -0.15) is 0 Å². The molecule has 0 amide bonds. The summed E-state index contributed by atoms with van der Waals surface area (Å²) in [6, 6.07) is 0. The van der Waals surface area contributed by atoms with Gasteiger partial charge in [-0.1, -0.05) is 19.9 Å². The topological polar surface area (TPSA) is 124 Å². The lowest BCUT2D eigenvalue weighted by Gasteiger charge is -2.58. The van der Waals surface area contributed by atoms with Crippen LogP contribution in [0.2, 0.25) is 0 Å². The Kier molecular flexibility index (Phi) is 4.96. The first-order chi connectivity index (χ1) is 12.6. The summed E-state index contributed by atoms with van der Waals surface area (Å²) in [6.07, 6.45) is 1.03. The van der Waals surface area contributed by atoms with E-state index in [-0.39, 0.29) is 37.6 Å². The van der Waals surface area contributed by atoms with Gasteiger partial charge in [0.25, 0.3) is 0 Å². The van der Waals surface area contributed by atoms with E-state index in [1.165, 1.54) is 0 Å². The van der Waals surface area contributed by atoms with Crippen molar-refractivity contribution in [3.63, 3.8) is 0 Å². The summed E-state index contributed by atoms with van der Waals surface area (Å²) in [5, 5.41) is 31.3. The zero-order valence-electron chi connectivity index (χ0n) is 16.0. The number of aliphatic hydroxyl groups excluding tert-OH is 3. The van der Waals surface area contributed by atoms with Gasteiger partial charge >= 0.3 is 0 Å². The van der Waals surface area contributed by atoms with Crippen molar-refractivity contribution < 1.29 is 34.4 Å². The molecule has 3 rings (SSSR count). The molecule has 7 nitrogen and oxygen atoms in total. The molecule has 1 saturated heterocycles. The van der Waals surface area contributed by atoms with E-state index in [0.717, 1.165) is 0 Å². The second-order valence-electron chi connectivity index (χ2n) is 8.70. The van der Waals surface area contributed by atoms with Crippen molar-refractivity contribution in [1.82, 2.24) is 0 Å². The number of allylic oxidation sites excluding steroid dienone is 1. The fourth-order valence-electron chi connectivity index (χ4n) is 5.49. The summed E-state index contributed by atoms with van der Waals surface area (Å²) >= 11 is 0. The van der Waals surface area contributed by atoms with Gasteiger partial charge < -0.3 is 20.1 Å². The summed E-state index contributed by atoms with van der Waals surface area (Å²) in [4.78, 5) is 35.9. The molecular formula is C20H28O7. The number of epoxide rings is 1. The Balaban J connectivity index is 2.00. The number of carbonyl (C=O) groups is 3. The molecular weight excluding hydrogens is 352 g/mol. The number of fused-ring (bicyclic) bond motifs is 1. The number of carbonyl (C=O) groups excluding carboxylic acids is 3. The second-order valence-corrected chi connectivity index (χ2v) is 8.70. The lowest BCUT2D eigenvalue weighted by Crippen LogP contribution is -2.62. The number of hydrogen-bond donors (Lipinski definition) is 3. The molecule has 7 unspecified atom stereocenters. The summed E-state index contributed by atoms with van der Waals surface area (Å²) < 4.78 is 5.17. The molecule has 2 fully saturated rings. The van der Waals surface area contributed by atoms with Crippen molar-refractivity contribution in [2.45, 2.75) is 57.8 Å². The van der Waals surface area contributed by atoms with Crippen LogP contribution in [-0.4, -0.2) is 64.2 Å². The fourth-order valence-corrected chi connectivity index (χ4v) is 5.49. The van der Waals surface area contributed by atoms with E-state index < -0.39 is 40.3 Å². The summed E-state index contributed by atoms with van der Waals surface area (Å²) in [5.74, 6) is -1.79. The van der Waals surface area contributed by atoms with Gasteiger partial charge in [0.05, 0.1) is 24.7 Å². The lowest BCUT2D eigenvalue weighted by molar-refractivity contribution is -0.170. The predicted octanol–water partition coefficient (Wildman–Crippen LogP) is 0.195. The summed E-state index contributed by atoms with van der Waals surface area (Å²) in [7, 11) is 0. The first-order valence-electron chi connectivity index (χ1n) is 9.44. The molecule has 3 aliphatic rings. The highest BCUT2D eigenvalue weighted by Gasteiger charge is 2.65. The number of rotatable bonds is 6. The number of aldehydes is 1. The van der Waals surface area contributed by atoms with Crippen molar-refractivity contribution >= 4 is 17.9 Å². The molecule has 150 valence electrons. The Bertz CT molecular complexity index is 694. The maximum absolute atomic E-state index is 13.0. The monoisotopic (exact) mass is 380 g/mol. The van der Waals surface area contributed by atoms with Crippen LogP contribution in [-0.2, 0) is 19.1 Å². The highest BCUT2D eigenvalue weighted by Crippen LogP contribution is 2.61. The van der Waals surface area contributed by atoms with E-state index in [4.69, 9.17) is 4.74 Å². The standard InChI is InChI=1S/C20H28O7/c1-11-16(25)17(26)19(3)12(8-21)5-4-6-13(19)18(11,2)7-14(23)20(10-27-20)15(24)9-22/h5,9,11,13-14,16,21,23,25H,4,6-8,10H2,1-3H3. The van der Waals surface area contributed by atoms with Gasteiger partial charge in [-0.05, 0) is 49.0 Å². The third-order valence-electron chi connectivity index (χ3n) is 7.62. The van der Waals surface area contributed by atoms with E-state index in [0.29, 0.717) is 18.4 Å². The van der Waals surface area contributed by atoms with Gasteiger partial charge in [0.1, 0.15) is 6.10 Å². The molecule has 3 N–H and O–H groups in total. The van der Waals surface area contributed by atoms with Crippen molar-refractivity contribution in [1.29, 1.82) is 0 Å². The summed E-state index contributed by atoms with van der Waals surface area (Å²) in [5.41, 5.74) is -2.63. The zero-order valence-corrected chi connectivity index (χ0v) is 16.0. The third kappa shape index (κ3) is 2.67. The van der Waals surface area contributed by atoms with Crippen LogP contribution in [0.4, 0.5) is 0 Å². The molecule has 27 heavy (non-hydrogen) atoms. The molecule has 0 radical (unpaired) electrons. The van der Waals surface area contributed by atoms with E-state index in [1.807, 2.05) is 13.0 Å². The van der Waals surface area contributed by atoms with Crippen molar-refractivity contribution in [2.75, 3.05) is 13.2 Å². The number of ketones is 2. The number of Topliss-reactive ketones (excluding diaryl/α,β-unsaturated/α-hetero) is 2. The molecule has 7 heteroatoms. The highest BCUT2D eigenvalue weighted by molar-refractivity contribution is 6.30. The molecule has 0 spiro atoms. The van der Waals surface area contributed by atoms with Crippen LogP contribution in [0, 0.1) is 22.7 Å². The average Bonchev–Trinajstić information content (AvgIpc) is 3.46. The zero-order chi connectivity index (χ0) is 20.2. The van der Waals surface area contributed by atoms with Crippen LogP contribution in [0.15, 0.2) is 11.6 Å². The second kappa shape index (κ2) is 6.58. The third-order valence-corrected chi connectivity index (χ3v) is 7.62. The predicted molar refractivity (Wildman–Crippen MR) is 94.7 cm³/mol. The summed E-state index contributed by atoms with van der Waals surface area (Å²) in [6.45, 7) is 5.15. The molecule has 0 aromatic rings. The van der Waals surface area contributed by atoms with Gasteiger partial charge in [0.2, 0.25) is 5.78 Å². The minimum atomic E-state index is -1.50. The molecule has 0 aromatic carbocycles. The van der Waals surface area contributed by atoms with Gasteiger partial charge in [-0.3, -0.25) is 14.4 Å². The average molecular weight is 380 g/mol. The van der Waals surface area contributed by atoms with Gasteiger partial charge in [0.15, 0.2) is 17.7 Å². The lowest BCUT2D eigenvalue weighted by atomic mass is 9.45. The van der Waals surface area contributed by atoms with E-state index in [2.05, 4.69) is 0 Å². The van der Waals surface area contributed by atoms with Crippen LogP contribution in [0.3, 0.4) is 0 Å². The number of hydrogen-bond acceptors (Lipinski definition) is 7. The molecule has 1 aliphatic heterocycles. The van der Waals surface area contributed by atoms with E-state index >= 15 is 0 Å². The molecule has 2 aliphatic carbocycles. The largest absolute Gasteiger partial charge is 0.392 e. The van der Waals surface area contributed by atoms with E-state index in [1.54, 1.807) is 13.8 Å². The first kappa shape index (κ1) is 20.3. The number of ether oxygens (including phenoxy) is 1. The fraction of sp³-hybridized carbons (Fsp3) is 0.750. The van der Waals surface area contributed by atoms with Gasteiger partial charge in [-0.25, -0.2) is 0 Å². The molecule has 0 aromatic heterocycles. The first-order valence-corrected chi connectivity index (χ1v) is 9.44. The number of aliphatic hydroxyl groups is 3. The SMILES string of the molecule is CC1C(O)C(=O)C2(C)C(CO)=CCCC2C1(C)CC(O)C1(C(=O)C=O)CO1.